The second kappa shape index (κ2) is 6.93. The number of carbonyl (C=O) groups excluding carboxylic acids is 1. The molecular formula is C20H20N2O7. The smallest absolute Gasteiger partial charge is 0.296 e. The van der Waals surface area contributed by atoms with Gasteiger partial charge < -0.3 is 24.6 Å². The summed E-state index contributed by atoms with van der Waals surface area (Å²) >= 11 is 0. The third-order valence-electron chi connectivity index (χ3n) is 5.04. The molecule has 0 saturated heterocycles. The van der Waals surface area contributed by atoms with Gasteiger partial charge in [0, 0.05) is 6.42 Å². The third kappa shape index (κ3) is 3.68. The van der Waals surface area contributed by atoms with Gasteiger partial charge in [-0.1, -0.05) is 6.07 Å². The Morgan fingerprint density at radius 3 is 2.76 bits per heavy atom. The summed E-state index contributed by atoms with van der Waals surface area (Å²) in [5.41, 5.74) is 0.226. The summed E-state index contributed by atoms with van der Waals surface area (Å²) in [6.45, 7) is 3.57. The summed E-state index contributed by atoms with van der Waals surface area (Å²) in [4.78, 5) is 23.5. The van der Waals surface area contributed by atoms with Gasteiger partial charge in [-0.2, -0.15) is 0 Å². The molecule has 2 aromatic carbocycles. The van der Waals surface area contributed by atoms with Crippen molar-refractivity contribution in [2.24, 2.45) is 0 Å². The molecule has 2 N–H and O–H groups in total. The molecule has 0 aromatic heterocycles. The number of aliphatic hydroxyl groups excluding tert-OH is 1. The predicted octanol–water partition coefficient (Wildman–Crippen LogP) is 2.58. The topological polar surface area (TPSA) is 120 Å². The number of nitrogens with zero attached hydrogens (tertiary/aromatic N) is 1. The van der Waals surface area contributed by atoms with Gasteiger partial charge in [-0.25, -0.2) is 0 Å². The molecule has 2 aromatic rings. The summed E-state index contributed by atoms with van der Waals surface area (Å²) in [7, 11) is 0. The summed E-state index contributed by atoms with van der Waals surface area (Å²) in [5, 5.41) is 24.4. The Bertz CT molecular complexity index is 1000. The summed E-state index contributed by atoms with van der Waals surface area (Å²) < 4.78 is 16.3. The summed E-state index contributed by atoms with van der Waals surface area (Å²) in [6, 6.07) is 7.94. The van der Waals surface area contributed by atoms with E-state index in [1.807, 2.05) is 0 Å². The highest BCUT2D eigenvalue weighted by molar-refractivity contribution is 5.95. The lowest BCUT2D eigenvalue weighted by Crippen LogP contribution is -2.46. The number of hydrogen-bond acceptors (Lipinski definition) is 7. The maximum atomic E-state index is 12.5. The minimum atomic E-state index is -0.856. The highest BCUT2D eigenvalue weighted by Crippen LogP contribution is 2.40. The minimum absolute atomic E-state index is 0.0109. The molecule has 2 heterocycles. The van der Waals surface area contributed by atoms with E-state index in [2.05, 4.69) is 5.32 Å². The first kappa shape index (κ1) is 19.0. The number of carbonyl (C=O) groups is 1. The van der Waals surface area contributed by atoms with E-state index in [4.69, 9.17) is 14.2 Å². The van der Waals surface area contributed by atoms with Crippen LogP contribution in [0.25, 0.3) is 0 Å². The first-order valence-electron chi connectivity index (χ1n) is 9.10. The van der Waals surface area contributed by atoms with Crippen molar-refractivity contribution in [1.82, 2.24) is 0 Å². The number of hydrogen-bond donors (Lipinski definition) is 2. The van der Waals surface area contributed by atoms with Crippen LogP contribution in [0.5, 0.6) is 17.2 Å². The van der Waals surface area contributed by atoms with Crippen molar-refractivity contribution in [2.45, 2.75) is 38.4 Å². The van der Waals surface area contributed by atoms with E-state index in [1.54, 1.807) is 32.0 Å². The number of rotatable bonds is 4. The molecule has 1 amide bonds. The van der Waals surface area contributed by atoms with Crippen molar-refractivity contribution >= 4 is 17.3 Å². The van der Waals surface area contributed by atoms with Gasteiger partial charge in [0.1, 0.15) is 17.0 Å². The first-order chi connectivity index (χ1) is 13.7. The van der Waals surface area contributed by atoms with E-state index in [-0.39, 0.29) is 31.0 Å². The van der Waals surface area contributed by atoms with Crippen molar-refractivity contribution in [3.05, 3.63) is 51.6 Å². The maximum Gasteiger partial charge on any atom is 0.296 e. The van der Waals surface area contributed by atoms with E-state index >= 15 is 0 Å². The number of aliphatic hydroxyl groups is 1. The lowest BCUT2D eigenvalue weighted by atomic mass is 9.90. The Morgan fingerprint density at radius 2 is 2.00 bits per heavy atom. The predicted molar refractivity (Wildman–Crippen MR) is 102 cm³/mol. The van der Waals surface area contributed by atoms with E-state index in [0.29, 0.717) is 28.4 Å². The van der Waals surface area contributed by atoms with Crippen LogP contribution in [0.2, 0.25) is 0 Å². The molecule has 2 aliphatic rings. The first-order valence-corrected chi connectivity index (χ1v) is 9.10. The molecule has 9 heteroatoms. The van der Waals surface area contributed by atoms with E-state index in [9.17, 15) is 20.0 Å². The average Bonchev–Trinajstić information content (AvgIpc) is 3.10. The quantitative estimate of drug-likeness (QED) is 0.598. The fourth-order valence-corrected chi connectivity index (χ4v) is 3.36. The number of nitrogens with one attached hydrogen (secondary N) is 1. The van der Waals surface area contributed by atoms with Crippen LogP contribution in [0, 0.1) is 10.1 Å². The molecule has 1 unspecified atom stereocenters. The number of benzene rings is 2. The molecule has 0 bridgehead atoms. The zero-order valence-corrected chi connectivity index (χ0v) is 15.9. The number of ether oxygens (including phenoxy) is 3. The molecule has 0 saturated carbocycles. The minimum Gasteiger partial charge on any atom is -0.485 e. The van der Waals surface area contributed by atoms with Crippen LogP contribution in [-0.2, 0) is 17.6 Å². The van der Waals surface area contributed by atoms with Gasteiger partial charge in [0.2, 0.25) is 12.7 Å². The van der Waals surface area contributed by atoms with Gasteiger partial charge in [-0.3, -0.25) is 14.9 Å². The van der Waals surface area contributed by atoms with E-state index in [0.717, 1.165) is 0 Å². The number of fused-ring (bicyclic) bond motifs is 2. The number of anilines is 1. The fraction of sp³-hybridized carbons (Fsp3) is 0.350. The molecule has 29 heavy (non-hydrogen) atoms. The standard InChI is InChI=1S/C20H20N2O7/c1-20(2)18(23)8-12-7-13(14(22(25)26)9-16(12)29-20)21-19(24)6-11-3-4-15-17(5-11)28-10-27-15/h3-5,7,9,18,23H,6,8,10H2,1-2H3,(H,21,24). The van der Waals surface area contributed by atoms with Crippen LogP contribution in [0.1, 0.15) is 25.0 Å². The van der Waals surface area contributed by atoms with Crippen LogP contribution in [0.3, 0.4) is 0 Å². The lowest BCUT2D eigenvalue weighted by molar-refractivity contribution is -0.384. The molecule has 0 aliphatic carbocycles. The van der Waals surface area contributed by atoms with Crippen LogP contribution < -0.4 is 19.5 Å². The van der Waals surface area contributed by atoms with Crippen molar-refractivity contribution < 1.29 is 29.0 Å². The molecule has 0 spiro atoms. The zero-order chi connectivity index (χ0) is 20.8. The molecule has 152 valence electrons. The summed E-state index contributed by atoms with van der Waals surface area (Å²) in [5.74, 6) is 1.09. The van der Waals surface area contributed by atoms with E-state index in [1.165, 1.54) is 12.1 Å². The molecule has 4 rings (SSSR count). The SMILES string of the molecule is CC1(C)Oc2cc([N+](=O)[O-])c(NC(=O)Cc3ccc4c(c3)OCO4)cc2CC1O. The number of amides is 1. The second-order valence-corrected chi connectivity index (χ2v) is 7.57. The Hall–Kier alpha value is -3.33. The maximum absolute atomic E-state index is 12.5. The van der Waals surface area contributed by atoms with Crippen LogP contribution in [0.15, 0.2) is 30.3 Å². The average molecular weight is 400 g/mol. The highest BCUT2D eigenvalue weighted by Gasteiger charge is 2.37. The van der Waals surface area contributed by atoms with Gasteiger partial charge >= 0.3 is 0 Å². The Morgan fingerprint density at radius 1 is 1.24 bits per heavy atom. The van der Waals surface area contributed by atoms with Crippen LogP contribution in [-0.4, -0.2) is 34.4 Å². The molecule has 0 radical (unpaired) electrons. The number of nitro groups is 1. The van der Waals surface area contributed by atoms with Gasteiger partial charge in [0.15, 0.2) is 11.5 Å². The normalized spacial score (nSPS) is 18.5. The molecule has 0 fully saturated rings. The van der Waals surface area contributed by atoms with E-state index < -0.39 is 22.5 Å². The Balaban J connectivity index is 1.57. The third-order valence-corrected chi connectivity index (χ3v) is 5.04. The van der Waals surface area contributed by atoms with Crippen molar-refractivity contribution in [3.8, 4) is 17.2 Å². The van der Waals surface area contributed by atoms with Gasteiger partial charge in [0.25, 0.3) is 5.69 Å². The highest BCUT2D eigenvalue weighted by atomic mass is 16.7. The molecule has 9 nitrogen and oxygen atoms in total. The van der Waals surface area contributed by atoms with Crippen molar-refractivity contribution in [1.29, 1.82) is 0 Å². The Labute approximate surface area is 166 Å². The van der Waals surface area contributed by atoms with Gasteiger partial charge in [0.05, 0.1) is 23.5 Å². The number of nitro benzene ring substituents is 1. The molecule has 1 atom stereocenters. The van der Waals surface area contributed by atoms with Gasteiger partial charge in [-0.15, -0.1) is 0 Å². The van der Waals surface area contributed by atoms with Crippen molar-refractivity contribution in [3.63, 3.8) is 0 Å². The largest absolute Gasteiger partial charge is 0.485 e. The lowest BCUT2D eigenvalue weighted by Gasteiger charge is -2.37. The Kier molecular flexibility index (Phi) is 4.54. The fourth-order valence-electron chi connectivity index (χ4n) is 3.36. The molecular weight excluding hydrogens is 380 g/mol. The zero-order valence-electron chi connectivity index (χ0n) is 15.9. The van der Waals surface area contributed by atoms with Crippen molar-refractivity contribution in [2.75, 3.05) is 12.1 Å². The van der Waals surface area contributed by atoms with Crippen LogP contribution >= 0.6 is 0 Å². The van der Waals surface area contributed by atoms with Crippen LogP contribution in [0.4, 0.5) is 11.4 Å². The molecule has 2 aliphatic heterocycles. The van der Waals surface area contributed by atoms with Gasteiger partial charge in [-0.05, 0) is 43.2 Å². The second-order valence-electron chi connectivity index (χ2n) is 7.57. The monoisotopic (exact) mass is 400 g/mol. The summed E-state index contributed by atoms with van der Waals surface area (Å²) in [6.07, 6.45) is -0.490.